The number of ether oxygens (including phenoxy) is 1. The van der Waals surface area contributed by atoms with Gasteiger partial charge in [0.25, 0.3) is 10.0 Å². The van der Waals surface area contributed by atoms with Crippen LogP contribution in [0.15, 0.2) is 53.7 Å². The van der Waals surface area contributed by atoms with Crippen LogP contribution in [0.3, 0.4) is 0 Å². The van der Waals surface area contributed by atoms with Crippen LogP contribution in [0.25, 0.3) is 11.0 Å². The van der Waals surface area contributed by atoms with Gasteiger partial charge in [-0.3, -0.25) is 4.79 Å². The van der Waals surface area contributed by atoms with Gasteiger partial charge in [-0.05, 0) is 37.5 Å². The molecule has 0 amide bonds. The number of anilines is 2. The Balaban J connectivity index is 1.69. The van der Waals surface area contributed by atoms with E-state index in [1.807, 2.05) is 0 Å². The monoisotopic (exact) mass is 414 g/mol. The Morgan fingerprint density at radius 2 is 2.00 bits per heavy atom. The van der Waals surface area contributed by atoms with Crippen molar-refractivity contribution in [3.63, 3.8) is 0 Å². The van der Waals surface area contributed by atoms with Gasteiger partial charge in [0.05, 0.1) is 35.5 Å². The van der Waals surface area contributed by atoms with Crippen LogP contribution in [-0.4, -0.2) is 36.5 Å². The number of rotatable bonds is 5. The van der Waals surface area contributed by atoms with E-state index in [9.17, 15) is 13.2 Å². The second-order valence-electron chi connectivity index (χ2n) is 7.13. The number of fused-ring (bicyclic) bond motifs is 1. The fourth-order valence-electron chi connectivity index (χ4n) is 3.84. The van der Waals surface area contributed by atoms with Gasteiger partial charge < -0.3 is 15.8 Å². The Hall–Kier alpha value is -3.07. The highest BCUT2D eigenvalue weighted by Crippen LogP contribution is 2.35. The third-order valence-corrected chi connectivity index (χ3v) is 7.01. The minimum atomic E-state index is -3.78. The number of aromatic nitrogens is 2. The summed E-state index contributed by atoms with van der Waals surface area (Å²) < 4.78 is 32.0. The second-order valence-corrected chi connectivity index (χ2v) is 8.94. The summed E-state index contributed by atoms with van der Waals surface area (Å²) in [6.45, 7) is 0. The summed E-state index contributed by atoms with van der Waals surface area (Å²) in [4.78, 5) is 16.2. The fourth-order valence-corrected chi connectivity index (χ4v) is 5.16. The largest absolute Gasteiger partial charge is 0.469 e. The smallest absolute Gasteiger partial charge is 0.308 e. The molecule has 0 spiro atoms. The molecular formula is C20H22N4O4S. The molecule has 2 aromatic heterocycles. The summed E-state index contributed by atoms with van der Waals surface area (Å²) in [5.74, 6) is -0.346. The van der Waals surface area contributed by atoms with Crippen LogP contribution in [0, 0.1) is 5.92 Å². The number of pyridine rings is 1. The number of nitrogens with zero attached hydrogens (tertiary/aromatic N) is 2. The van der Waals surface area contributed by atoms with Gasteiger partial charge >= 0.3 is 5.97 Å². The second kappa shape index (κ2) is 7.40. The first kappa shape index (κ1) is 19.3. The summed E-state index contributed by atoms with van der Waals surface area (Å²) >= 11 is 0. The third kappa shape index (κ3) is 3.42. The Bertz CT molecular complexity index is 1160. The van der Waals surface area contributed by atoms with Crippen molar-refractivity contribution in [2.45, 2.75) is 30.2 Å². The van der Waals surface area contributed by atoms with E-state index in [0.29, 0.717) is 28.8 Å². The van der Waals surface area contributed by atoms with Crippen molar-refractivity contribution in [2.24, 2.45) is 5.92 Å². The summed E-state index contributed by atoms with van der Waals surface area (Å²) in [7, 11) is -2.39. The van der Waals surface area contributed by atoms with Gasteiger partial charge in [-0.2, -0.15) is 0 Å². The molecule has 1 aromatic carbocycles. The highest BCUT2D eigenvalue weighted by molar-refractivity contribution is 7.90. The molecule has 0 aliphatic heterocycles. The third-order valence-electron chi connectivity index (χ3n) is 5.33. The van der Waals surface area contributed by atoms with Crippen LogP contribution in [0.1, 0.15) is 19.3 Å². The molecule has 0 unspecified atom stereocenters. The molecule has 0 radical (unpaired) electrons. The molecule has 1 aliphatic carbocycles. The zero-order chi connectivity index (χ0) is 20.6. The predicted molar refractivity (Wildman–Crippen MR) is 110 cm³/mol. The van der Waals surface area contributed by atoms with Gasteiger partial charge in [0.2, 0.25) is 0 Å². The summed E-state index contributed by atoms with van der Waals surface area (Å²) in [6, 6.07) is 9.93. The van der Waals surface area contributed by atoms with E-state index < -0.39 is 10.0 Å². The fraction of sp³-hybridized carbons (Fsp3) is 0.300. The average molecular weight is 414 g/mol. The first-order chi connectivity index (χ1) is 13.9. The van der Waals surface area contributed by atoms with Gasteiger partial charge in [-0.15, -0.1) is 0 Å². The molecule has 9 heteroatoms. The van der Waals surface area contributed by atoms with E-state index in [1.165, 1.54) is 19.5 Å². The van der Waals surface area contributed by atoms with Crippen LogP contribution in [0.2, 0.25) is 0 Å². The lowest BCUT2D eigenvalue weighted by Crippen LogP contribution is -2.20. The molecule has 152 valence electrons. The Kier molecular flexibility index (Phi) is 4.91. The summed E-state index contributed by atoms with van der Waals surface area (Å²) in [5, 5.41) is 4.00. The van der Waals surface area contributed by atoms with E-state index >= 15 is 0 Å². The van der Waals surface area contributed by atoms with Crippen molar-refractivity contribution in [3.8, 4) is 0 Å². The van der Waals surface area contributed by atoms with Gasteiger partial charge in [0, 0.05) is 17.6 Å². The van der Waals surface area contributed by atoms with Crippen LogP contribution >= 0.6 is 0 Å². The lowest BCUT2D eigenvalue weighted by molar-refractivity contribution is -0.145. The molecule has 29 heavy (non-hydrogen) atoms. The van der Waals surface area contributed by atoms with Crippen molar-refractivity contribution in [1.29, 1.82) is 0 Å². The summed E-state index contributed by atoms with van der Waals surface area (Å²) in [5.41, 5.74) is 7.50. The van der Waals surface area contributed by atoms with Crippen LogP contribution < -0.4 is 11.1 Å². The number of hydrogen-bond acceptors (Lipinski definition) is 7. The van der Waals surface area contributed by atoms with Crippen molar-refractivity contribution in [3.05, 3.63) is 48.8 Å². The molecule has 2 heterocycles. The molecule has 1 saturated carbocycles. The lowest BCUT2D eigenvalue weighted by Gasteiger charge is -2.17. The van der Waals surface area contributed by atoms with E-state index in [4.69, 9.17) is 10.5 Å². The topological polar surface area (TPSA) is 116 Å². The lowest BCUT2D eigenvalue weighted by atomic mass is 10.1. The molecule has 1 fully saturated rings. The Morgan fingerprint density at radius 1 is 1.24 bits per heavy atom. The minimum absolute atomic E-state index is 0.0427. The number of esters is 1. The SMILES string of the molecule is COC(=O)[C@@H]1CC[C@H](Nc2c(N)cnc3c2ccn3S(=O)(=O)c2ccccc2)C1. The van der Waals surface area contributed by atoms with E-state index in [-0.39, 0.29) is 22.8 Å². The van der Waals surface area contributed by atoms with Crippen molar-refractivity contribution < 1.29 is 17.9 Å². The number of benzene rings is 1. The zero-order valence-electron chi connectivity index (χ0n) is 15.9. The molecule has 3 N–H and O–H groups in total. The van der Waals surface area contributed by atoms with Crippen molar-refractivity contribution in [1.82, 2.24) is 8.96 Å². The minimum Gasteiger partial charge on any atom is -0.469 e. The highest BCUT2D eigenvalue weighted by atomic mass is 32.2. The normalized spacial score (nSPS) is 19.3. The van der Waals surface area contributed by atoms with Crippen LogP contribution in [0.4, 0.5) is 11.4 Å². The molecule has 1 aliphatic rings. The maximum Gasteiger partial charge on any atom is 0.308 e. The van der Waals surface area contributed by atoms with E-state index in [1.54, 1.807) is 36.4 Å². The van der Waals surface area contributed by atoms with Crippen LogP contribution in [-0.2, 0) is 19.6 Å². The number of carbonyl (C=O) groups is 1. The molecule has 0 saturated heterocycles. The zero-order valence-corrected chi connectivity index (χ0v) is 16.7. The van der Waals surface area contributed by atoms with E-state index in [2.05, 4.69) is 10.3 Å². The molecular weight excluding hydrogens is 392 g/mol. The molecule has 8 nitrogen and oxygen atoms in total. The molecule has 0 bridgehead atoms. The molecule has 2 atom stereocenters. The quantitative estimate of drug-likeness (QED) is 0.616. The predicted octanol–water partition coefficient (Wildman–Crippen LogP) is 2.61. The van der Waals surface area contributed by atoms with Gasteiger partial charge in [-0.1, -0.05) is 18.2 Å². The maximum absolute atomic E-state index is 13.0. The van der Waals surface area contributed by atoms with Crippen molar-refractivity contribution >= 4 is 38.4 Å². The Morgan fingerprint density at radius 3 is 2.72 bits per heavy atom. The number of methoxy groups -OCH3 is 1. The maximum atomic E-state index is 13.0. The molecule has 3 aromatic rings. The summed E-state index contributed by atoms with van der Waals surface area (Å²) in [6.07, 6.45) is 5.11. The van der Waals surface area contributed by atoms with Crippen LogP contribution in [0.5, 0.6) is 0 Å². The number of nitrogen functional groups attached to an aromatic ring is 1. The van der Waals surface area contributed by atoms with Gasteiger partial charge in [-0.25, -0.2) is 17.4 Å². The average Bonchev–Trinajstić information content (AvgIpc) is 3.37. The molecule has 4 rings (SSSR count). The number of carbonyl (C=O) groups excluding carboxylic acids is 1. The number of nitrogens with one attached hydrogen (secondary N) is 1. The van der Waals surface area contributed by atoms with Gasteiger partial charge in [0.15, 0.2) is 5.65 Å². The highest BCUT2D eigenvalue weighted by Gasteiger charge is 2.31. The first-order valence-corrected chi connectivity index (χ1v) is 10.8. The van der Waals surface area contributed by atoms with Crippen molar-refractivity contribution in [2.75, 3.05) is 18.2 Å². The number of hydrogen-bond donors (Lipinski definition) is 2. The van der Waals surface area contributed by atoms with E-state index in [0.717, 1.165) is 16.8 Å². The standard InChI is InChI=1S/C20H22N4O4S/c1-28-20(25)13-7-8-14(11-13)23-18-16-9-10-24(19(16)22-12-17(18)21)29(26,27)15-5-3-2-4-6-15/h2-6,9-10,12-14H,7-8,11,21H2,1H3,(H,22,23)/t13-,14+/m1/s1. The Labute approximate surface area is 168 Å². The van der Waals surface area contributed by atoms with Gasteiger partial charge in [0.1, 0.15) is 0 Å². The number of nitrogens with two attached hydrogens (primary N) is 1. The first-order valence-electron chi connectivity index (χ1n) is 9.32.